The van der Waals surface area contributed by atoms with E-state index in [-0.39, 0.29) is 5.25 Å². The van der Waals surface area contributed by atoms with Crippen LogP contribution in [0.25, 0.3) is 0 Å². The van der Waals surface area contributed by atoms with Crippen LogP contribution in [0.1, 0.15) is 6.92 Å². The van der Waals surface area contributed by atoms with Crippen molar-refractivity contribution in [1.82, 2.24) is 4.72 Å². The largest absolute Gasteiger partial charge is 0.388 e. The summed E-state index contributed by atoms with van der Waals surface area (Å²) in [5, 5.41) is 3.21. The molecule has 0 saturated heterocycles. The zero-order valence-corrected chi connectivity index (χ0v) is 11.9. The average molecular weight is 274 g/mol. The van der Waals surface area contributed by atoms with E-state index in [4.69, 9.17) is 0 Å². The van der Waals surface area contributed by atoms with Crippen molar-refractivity contribution in [3.8, 4) is 0 Å². The Morgan fingerprint density at radius 1 is 1.29 bits per heavy atom. The van der Waals surface area contributed by atoms with Gasteiger partial charge in [-0.25, -0.2) is 13.1 Å². The number of rotatable bonds is 6. The molecule has 0 amide bonds. The van der Waals surface area contributed by atoms with Crippen LogP contribution >= 0.6 is 11.8 Å². The summed E-state index contributed by atoms with van der Waals surface area (Å²) in [7, 11) is -1.59. The lowest BCUT2D eigenvalue weighted by Crippen LogP contribution is -2.29. The first-order valence-corrected chi connectivity index (χ1v) is 8.07. The third-order valence-corrected chi connectivity index (χ3v) is 4.83. The molecule has 0 heterocycles. The van der Waals surface area contributed by atoms with Crippen molar-refractivity contribution < 1.29 is 8.42 Å². The Kier molecular flexibility index (Phi) is 5.30. The Bertz CT molecular complexity index is 443. The minimum absolute atomic E-state index is 0.265. The molecule has 4 nitrogen and oxygen atoms in total. The van der Waals surface area contributed by atoms with Gasteiger partial charge in [-0.2, -0.15) is 11.8 Å². The van der Waals surface area contributed by atoms with E-state index in [9.17, 15) is 8.42 Å². The Labute approximate surface area is 107 Å². The highest BCUT2D eigenvalue weighted by atomic mass is 32.2. The molecule has 0 aromatic heterocycles. The van der Waals surface area contributed by atoms with Gasteiger partial charge in [-0.15, -0.1) is 0 Å². The summed E-state index contributed by atoms with van der Waals surface area (Å²) < 4.78 is 26.4. The summed E-state index contributed by atoms with van der Waals surface area (Å²) >= 11 is 1.63. The quantitative estimate of drug-likeness (QED) is 0.830. The number of hydrogen-bond acceptors (Lipinski definition) is 4. The normalized spacial score (nSPS) is 13.4. The lowest BCUT2D eigenvalue weighted by atomic mass is 10.3. The van der Waals surface area contributed by atoms with Crippen molar-refractivity contribution in [1.29, 1.82) is 0 Å². The van der Waals surface area contributed by atoms with Gasteiger partial charge in [0.1, 0.15) is 0 Å². The van der Waals surface area contributed by atoms with Crippen LogP contribution < -0.4 is 10.0 Å². The first-order valence-electron chi connectivity index (χ1n) is 5.30. The molecule has 0 spiro atoms. The minimum atomic E-state index is -3.38. The molecule has 1 rings (SSSR count). The maximum Gasteiger partial charge on any atom is 0.240 e. The Hall–Kier alpha value is -0.720. The van der Waals surface area contributed by atoms with E-state index in [1.165, 1.54) is 0 Å². The second-order valence-corrected chi connectivity index (χ2v) is 6.72. The Balaban J connectivity index is 2.75. The fourth-order valence-electron chi connectivity index (χ4n) is 1.19. The van der Waals surface area contributed by atoms with E-state index in [2.05, 4.69) is 10.0 Å². The molecule has 0 aliphatic heterocycles. The highest BCUT2D eigenvalue weighted by molar-refractivity contribution is 7.99. The van der Waals surface area contributed by atoms with E-state index in [1.54, 1.807) is 43.1 Å². The molecule has 0 aliphatic carbocycles. The first kappa shape index (κ1) is 14.3. The number of nitrogens with one attached hydrogen (secondary N) is 2. The topological polar surface area (TPSA) is 58.2 Å². The molecule has 1 unspecified atom stereocenters. The van der Waals surface area contributed by atoms with Gasteiger partial charge in [-0.1, -0.05) is 6.92 Å². The maximum absolute atomic E-state index is 11.9. The SMILES string of the molecule is CNc1ccc(S(=O)(=O)NCC(C)SC)cc1. The molecule has 0 saturated carbocycles. The Morgan fingerprint density at radius 2 is 1.88 bits per heavy atom. The summed E-state index contributed by atoms with van der Waals surface area (Å²) in [5.74, 6) is 0. The van der Waals surface area contributed by atoms with Crippen LogP contribution in [0.3, 0.4) is 0 Å². The van der Waals surface area contributed by atoms with Crippen molar-refractivity contribution in [2.24, 2.45) is 0 Å². The highest BCUT2D eigenvalue weighted by Gasteiger charge is 2.14. The molecule has 96 valence electrons. The molecule has 0 bridgehead atoms. The van der Waals surface area contributed by atoms with Crippen molar-refractivity contribution in [3.05, 3.63) is 24.3 Å². The highest BCUT2D eigenvalue weighted by Crippen LogP contribution is 2.14. The molecule has 17 heavy (non-hydrogen) atoms. The smallest absolute Gasteiger partial charge is 0.240 e. The summed E-state index contributed by atoms with van der Waals surface area (Å²) in [6.45, 7) is 2.43. The van der Waals surface area contributed by atoms with E-state index in [0.717, 1.165) is 5.69 Å². The van der Waals surface area contributed by atoms with Gasteiger partial charge in [-0.3, -0.25) is 0 Å². The van der Waals surface area contributed by atoms with E-state index < -0.39 is 10.0 Å². The van der Waals surface area contributed by atoms with Gasteiger partial charge in [0, 0.05) is 24.5 Å². The molecule has 1 atom stereocenters. The third kappa shape index (κ3) is 4.22. The molecule has 0 fully saturated rings. The van der Waals surface area contributed by atoms with Gasteiger partial charge in [0.2, 0.25) is 10.0 Å². The van der Waals surface area contributed by atoms with E-state index >= 15 is 0 Å². The van der Waals surface area contributed by atoms with Crippen molar-refractivity contribution in [3.63, 3.8) is 0 Å². The predicted molar refractivity (Wildman–Crippen MR) is 74.2 cm³/mol. The molecule has 6 heteroatoms. The second-order valence-electron chi connectivity index (χ2n) is 3.67. The van der Waals surface area contributed by atoms with Gasteiger partial charge in [-0.05, 0) is 30.5 Å². The number of thioether (sulfide) groups is 1. The third-order valence-electron chi connectivity index (χ3n) is 2.42. The van der Waals surface area contributed by atoms with Crippen LogP contribution in [0.4, 0.5) is 5.69 Å². The molecule has 0 aliphatic rings. The van der Waals surface area contributed by atoms with E-state index in [0.29, 0.717) is 11.4 Å². The lowest BCUT2D eigenvalue weighted by molar-refractivity contribution is 0.581. The number of sulfonamides is 1. The lowest BCUT2D eigenvalue weighted by Gasteiger charge is -2.11. The molecule has 1 aromatic carbocycles. The zero-order chi connectivity index (χ0) is 12.9. The Morgan fingerprint density at radius 3 is 2.35 bits per heavy atom. The summed E-state index contributed by atoms with van der Waals surface area (Å²) in [6.07, 6.45) is 1.96. The fourth-order valence-corrected chi connectivity index (χ4v) is 2.68. The molecule has 2 N–H and O–H groups in total. The molecule has 1 aromatic rings. The van der Waals surface area contributed by atoms with Crippen LogP contribution in [0.5, 0.6) is 0 Å². The fraction of sp³-hybridized carbons (Fsp3) is 0.455. The van der Waals surface area contributed by atoms with Crippen molar-refractivity contribution in [2.75, 3.05) is 25.2 Å². The summed E-state index contributed by atoms with van der Waals surface area (Å²) in [4.78, 5) is 0.296. The van der Waals surface area contributed by atoms with Crippen LogP contribution in [-0.4, -0.2) is 33.5 Å². The van der Waals surface area contributed by atoms with Gasteiger partial charge in [0.25, 0.3) is 0 Å². The standard InChI is InChI=1S/C11H18N2O2S2/c1-9(16-3)8-13-17(14,15)11-6-4-10(12-2)5-7-11/h4-7,9,12-13H,8H2,1-3H3. The number of hydrogen-bond donors (Lipinski definition) is 2. The summed E-state index contributed by atoms with van der Waals surface area (Å²) in [6, 6.07) is 6.68. The van der Waals surface area contributed by atoms with Crippen LogP contribution in [-0.2, 0) is 10.0 Å². The number of anilines is 1. The molecule has 0 radical (unpaired) electrons. The second kappa shape index (κ2) is 6.28. The monoisotopic (exact) mass is 274 g/mol. The van der Waals surface area contributed by atoms with Crippen LogP contribution in [0.2, 0.25) is 0 Å². The van der Waals surface area contributed by atoms with Gasteiger partial charge in [0.15, 0.2) is 0 Å². The van der Waals surface area contributed by atoms with Crippen molar-refractivity contribution in [2.45, 2.75) is 17.1 Å². The van der Waals surface area contributed by atoms with Gasteiger partial charge < -0.3 is 5.32 Å². The van der Waals surface area contributed by atoms with Crippen LogP contribution in [0.15, 0.2) is 29.2 Å². The summed E-state index contributed by atoms with van der Waals surface area (Å²) in [5.41, 5.74) is 0.890. The zero-order valence-electron chi connectivity index (χ0n) is 10.2. The van der Waals surface area contributed by atoms with Gasteiger partial charge >= 0.3 is 0 Å². The minimum Gasteiger partial charge on any atom is -0.388 e. The maximum atomic E-state index is 11.9. The predicted octanol–water partition coefficient (Wildman–Crippen LogP) is 1.76. The molecular formula is C11H18N2O2S2. The van der Waals surface area contributed by atoms with E-state index in [1.807, 2.05) is 13.2 Å². The van der Waals surface area contributed by atoms with Crippen molar-refractivity contribution >= 4 is 27.5 Å². The number of benzene rings is 1. The van der Waals surface area contributed by atoms with Crippen LogP contribution in [0, 0.1) is 0 Å². The average Bonchev–Trinajstić information content (AvgIpc) is 2.36. The first-order chi connectivity index (χ1) is 7.99. The van der Waals surface area contributed by atoms with Gasteiger partial charge in [0.05, 0.1) is 4.90 Å². The molecular weight excluding hydrogens is 256 g/mol.